The Morgan fingerprint density at radius 1 is 1.60 bits per heavy atom. The minimum Gasteiger partial charge on any atom is -0.375 e. The molecule has 4 N–H and O–H groups in total. The second-order valence-electron chi connectivity index (χ2n) is 2.89. The number of aryl methyl sites for hydroxylation is 1. The quantitative estimate of drug-likeness (QED) is 0.710. The molecule has 1 aromatic heterocycles. The Balaban J connectivity index is 2.61. The van der Waals surface area contributed by atoms with Gasteiger partial charge in [0.2, 0.25) is 0 Å². The van der Waals surface area contributed by atoms with E-state index >= 15 is 0 Å². The zero-order valence-electron chi connectivity index (χ0n) is 7.43. The molecule has 0 atom stereocenters. The highest BCUT2D eigenvalue weighted by atomic mass is 32.1. The summed E-state index contributed by atoms with van der Waals surface area (Å²) in [6, 6.07) is 0. The first-order valence-electron chi connectivity index (χ1n) is 3.86. The third-order valence-electron chi connectivity index (χ3n) is 1.68. The molecule has 0 aliphatic carbocycles. The Hall–Kier alpha value is -0.560. The minimum absolute atomic E-state index is 0.216. The van der Waals surface area contributed by atoms with Crippen LogP contribution >= 0.6 is 18.9 Å². The van der Waals surface area contributed by atoms with E-state index in [1.807, 2.05) is 0 Å². The number of anilines is 1. The molecule has 9 heteroatoms. The van der Waals surface area contributed by atoms with Gasteiger partial charge >= 0.3 is 13.3 Å². The standard InChI is InChI=1S/C6H9F2N2O3PS/c7-6(8,14(11,12)13)2-1-4-3-15-5(9)10-4/h3H,1-2H2,(H2,9,10)(H2,11,12,13). The lowest BCUT2D eigenvalue weighted by atomic mass is 10.2. The third-order valence-corrected chi connectivity index (χ3v) is 3.48. The maximum absolute atomic E-state index is 12.8. The zero-order valence-corrected chi connectivity index (χ0v) is 9.14. The van der Waals surface area contributed by atoms with Crippen LogP contribution in [0.1, 0.15) is 12.1 Å². The van der Waals surface area contributed by atoms with Gasteiger partial charge in [0, 0.05) is 11.8 Å². The summed E-state index contributed by atoms with van der Waals surface area (Å²) in [5, 5.41) is 1.72. The number of nitrogens with two attached hydrogens (primary N) is 1. The van der Waals surface area contributed by atoms with E-state index in [4.69, 9.17) is 15.5 Å². The van der Waals surface area contributed by atoms with Crippen LogP contribution in [0.5, 0.6) is 0 Å². The van der Waals surface area contributed by atoms with Gasteiger partial charge in [0.1, 0.15) is 0 Å². The normalized spacial score (nSPS) is 13.1. The van der Waals surface area contributed by atoms with Gasteiger partial charge in [0.05, 0.1) is 5.69 Å². The summed E-state index contributed by atoms with van der Waals surface area (Å²) in [6.07, 6.45) is -1.16. The molecule has 86 valence electrons. The summed E-state index contributed by atoms with van der Waals surface area (Å²) >= 11 is 1.09. The molecule has 0 spiro atoms. The minimum atomic E-state index is -5.39. The van der Waals surface area contributed by atoms with Crippen LogP contribution in [0.15, 0.2) is 5.38 Å². The predicted octanol–water partition coefficient (Wildman–Crippen LogP) is 1.43. The lowest BCUT2D eigenvalue weighted by molar-refractivity contribution is 0.0505. The molecule has 0 bridgehead atoms. The Morgan fingerprint density at radius 3 is 2.60 bits per heavy atom. The Morgan fingerprint density at radius 2 is 2.20 bits per heavy atom. The van der Waals surface area contributed by atoms with E-state index < -0.39 is 19.7 Å². The number of thiazole rings is 1. The van der Waals surface area contributed by atoms with Crippen LogP contribution in [-0.2, 0) is 11.0 Å². The van der Waals surface area contributed by atoms with Gasteiger partial charge in [0.25, 0.3) is 0 Å². The van der Waals surface area contributed by atoms with E-state index in [2.05, 4.69) is 4.98 Å². The topological polar surface area (TPSA) is 96.4 Å². The Bertz CT molecular complexity index is 391. The van der Waals surface area contributed by atoms with E-state index in [9.17, 15) is 13.3 Å². The Kier molecular flexibility index (Phi) is 3.44. The van der Waals surface area contributed by atoms with Gasteiger partial charge in [-0.3, -0.25) is 4.57 Å². The molecule has 0 amide bonds. The van der Waals surface area contributed by atoms with Gasteiger partial charge in [-0.1, -0.05) is 0 Å². The fourth-order valence-electron chi connectivity index (χ4n) is 0.862. The molecule has 0 saturated heterocycles. The van der Waals surface area contributed by atoms with Crippen molar-refractivity contribution in [1.29, 1.82) is 0 Å². The highest BCUT2D eigenvalue weighted by molar-refractivity contribution is 7.53. The van der Waals surface area contributed by atoms with Crippen LogP contribution in [0.25, 0.3) is 0 Å². The summed E-state index contributed by atoms with van der Waals surface area (Å²) in [6.45, 7) is 0. The lowest BCUT2D eigenvalue weighted by Crippen LogP contribution is -2.17. The highest BCUT2D eigenvalue weighted by Gasteiger charge is 2.47. The molecule has 0 radical (unpaired) electrons. The van der Waals surface area contributed by atoms with Crippen LogP contribution in [0.4, 0.5) is 13.9 Å². The largest absolute Gasteiger partial charge is 0.394 e. The van der Waals surface area contributed by atoms with Crippen LogP contribution in [0.2, 0.25) is 0 Å². The van der Waals surface area contributed by atoms with Crippen molar-refractivity contribution < 1.29 is 23.1 Å². The summed E-state index contributed by atoms with van der Waals surface area (Å²) in [5.41, 5.74) is 1.57. The van der Waals surface area contributed by atoms with Crippen LogP contribution in [0, 0.1) is 0 Å². The van der Waals surface area contributed by atoms with Crippen LogP contribution in [-0.4, -0.2) is 20.4 Å². The summed E-state index contributed by atoms with van der Waals surface area (Å²) in [5.74, 6) is 0. The number of hydrogen-bond donors (Lipinski definition) is 3. The molecule has 1 rings (SSSR count). The van der Waals surface area contributed by atoms with Crippen LogP contribution < -0.4 is 5.73 Å². The second kappa shape index (κ2) is 4.13. The summed E-state index contributed by atoms with van der Waals surface area (Å²) < 4.78 is 36.0. The van der Waals surface area contributed by atoms with Crippen molar-refractivity contribution in [2.24, 2.45) is 0 Å². The first kappa shape index (κ1) is 12.5. The van der Waals surface area contributed by atoms with E-state index in [-0.39, 0.29) is 11.6 Å². The van der Waals surface area contributed by atoms with Crippen molar-refractivity contribution in [3.8, 4) is 0 Å². The van der Waals surface area contributed by atoms with Gasteiger partial charge in [-0.15, -0.1) is 11.3 Å². The third kappa shape index (κ3) is 3.20. The lowest BCUT2D eigenvalue weighted by Gasteiger charge is -2.16. The van der Waals surface area contributed by atoms with Crippen molar-refractivity contribution in [3.63, 3.8) is 0 Å². The predicted molar refractivity (Wildman–Crippen MR) is 51.8 cm³/mol. The SMILES string of the molecule is Nc1nc(CCC(F)(F)P(=O)(O)O)cs1. The van der Waals surface area contributed by atoms with Crippen molar-refractivity contribution >= 4 is 24.1 Å². The smallest absolute Gasteiger partial charge is 0.375 e. The molecule has 15 heavy (non-hydrogen) atoms. The first-order valence-corrected chi connectivity index (χ1v) is 6.35. The van der Waals surface area contributed by atoms with E-state index in [1.165, 1.54) is 5.38 Å². The molecular weight excluding hydrogens is 249 g/mol. The highest BCUT2D eigenvalue weighted by Crippen LogP contribution is 2.55. The molecule has 0 unspecified atom stereocenters. The van der Waals surface area contributed by atoms with Crippen molar-refractivity contribution in [2.45, 2.75) is 18.5 Å². The fraction of sp³-hybridized carbons (Fsp3) is 0.500. The van der Waals surface area contributed by atoms with E-state index in [0.29, 0.717) is 5.69 Å². The van der Waals surface area contributed by atoms with Crippen LogP contribution in [0.3, 0.4) is 0 Å². The zero-order chi connectivity index (χ0) is 11.7. The number of nitrogens with zero attached hydrogens (tertiary/aromatic N) is 1. The summed E-state index contributed by atoms with van der Waals surface area (Å²) in [4.78, 5) is 20.4. The molecular formula is C6H9F2N2O3PS. The van der Waals surface area contributed by atoms with Crippen molar-refractivity contribution in [1.82, 2.24) is 4.98 Å². The molecule has 1 aromatic rings. The molecule has 1 heterocycles. The number of hydrogen-bond acceptors (Lipinski definition) is 4. The van der Waals surface area contributed by atoms with Crippen molar-refractivity contribution in [2.75, 3.05) is 5.73 Å². The number of nitrogen functional groups attached to an aromatic ring is 1. The maximum Gasteiger partial charge on any atom is 0.394 e. The average molecular weight is 258 g/mol. The average Bonchev–Trinajstić information content (AvgIpc) is 2.46. The van der Waals surface area contributed by atoms with E-state index in [0.717, 1.165) is 11.3 Å². The molecule has 0 aromatic carbocycles. The van der Waals surface area contributed by atoms with Gasteiger partial charge in [0.15, 0.2) is 5.13 Å². The molecule has 5 nitrogen and oxygen atoms in total. The second-order valence-corrected chi connectivity index (χ2v) is 5.52. The molecule has 0 fully saturated rings. The van der Waals surface area contributed by atoms with Crippen molar-refractivity contribution in [3.05, 3.63) is 11.1 Å². The monoisotopic (exact) mass is 258 g/mol. The van der Waals surface area contributed by atoms with Gasteiger partial charge < -0.3 is 15.5 Å². The van der Waals surface area contributed by atoms with Gasteiger partial charge in [-0.25, -0.2) is 4.98 Å². The van der Waals surface area contributed by atoms with Gasteiger partial charge in [-0.2, -0.15) is 8.78 Å². The summed E-state index contributed by atoms with van der Waals surface area (Å²) in [7, 11) is -5.39. The number of halogens is 2. The number of alkyl halides is 2. The molecule has 0 aliphatic heterocycles. The maximum atomic E-state index is 12.8. The molecule has 0 aliphatic rings. The Labute approximate surface area is 88.1 Å². The number of rotatable bonds is 4. The van der Waals surface area contributed by atoms with Gasteiger partial charge in [-0.05, 0) is 6.42 Å². The van der Waals surface area contributed by atoms with E-state index in [1.54, 1.807) is 0 Å². The first-order chi connectivity index (χ1) is 6.72. The fourth-order valence-corrected chi connectivity index (χ4v) is 1.86. The molecule has 0 saturated carbocycles. The number of aromatic nitrogens is 1.